The van der Waals surface area contributed by atoms with E-state index in [4.69, 9.17) is 28.9 Å². The lowest BCUT2D eigenvalue weighted by atomic mass is 9.99. The van der Waals surface area contributed by atoms with Gasteiger partial charge in [-0.15, -0.1) is 11.8 Å². The van der Waals surface area contributed by atoms with E-state index in [1.54, 1.807) is 35.6 Å². The molecule has 0 unspecified atom stereocenters. The third-order valence-electron chi connectivity index (χ3n) is 4.86. The number of benzene rings is 1. The molecule has 0 spiro atoms. The smallest absolute Gasteiger partial charge is 0.324 e. The minimum absolute atomic E-state index is 0.0216. The molecule has 0 heterocycles. The summed E-state index contributed by atoms with van der Waals surface area (Å²) >= 11 is 13.4. The zero-order chi connectivity index (χ0) is 28.9. The number of thioether (sulfide) groups is 1. The van der Waals surface area contributed by atoms with Crippen molar-refractivity contribution in [1.82, 2.24) is 15.1 Å². The fourth-order valence-electron chi connectivity index (χ4n) is 2.99. The molecule has 0 aromatic heterocycles. The van der Waals surface area contributed by atoms with E-state index in [-0.39, 0.29) is 52.2 Å². The van der Waals surface area contributed by atoms with Crippen LogP contribution in [0.4, 0.5) is 10.5 Å². The molecule has 0 aliphatic carbocycles. The SMILES string of the molecule is CCCN(CCN(C=O)CCC(N)=O)C(=O)/C(N=CC(C)(C)C)=C(\NC(=O)Nc1cccc(Cl)c1Cl)SC. The minimum Gasteiger partial charge on any atom is -0.370 e. The van der Waals surface area contributed by atoms with Crippen LogP contribution in [0.25, 0.3) is 0 Å². The largest absolute Gasteiger partial charge is 0.370 e. The Morgan fingerprint density at radius 3 is 2.37 bits per heavy atom. The molecule has 0 saturated heterocycles. The van der Waals surface area contributed by atoms with Crippen molar-refractivity contribution >= 4 is 71.1 Å². The first kappa shape index (κ1) is 33.3. The first-order valence-electron chi connectivity index (χ1n) is 11.9. The van der Waals surface area contributed by atoms with Crippen LogP contribution in [-0.4, -0.2) is 72.7 Å². The minimum atomic E-state index is -0.629. The van der Waals surface area contributed by atoms with E-state index in [0.717, 1.165) is 11.8 Å². The Hall–Kier alpha value is -2.76. The van der Waals surface area contributed by atoms with Crippen molar-refractivity contribution in [3.63, 3.8) is 0 Å². The molecule has 0 atom stereocenters. The lowest BCUT2D eigenvalue weighted by Gasteiger charge is -2.26. The molecule has 0 aliphatic rings. The number of nitrogens with zero attached hydrogens (tertiary/aromatic N) is 3. The van der Waals surface area contributed by atoms with Gasteiger partial charge in [-0.2, -0.15) is 0 Å². The lowest BCUT2D eigenvalue weighted by molar-refractivity contribution is -0.129. The van der Waals surface area contributed by atoms with E-state index in [2.05, 4.69) is 15.6 Å². The molecular formula is C25H36Cl2N6O4S. The summed E-state index contributed by atoms with van der Waals surface area (Å²) < 4.78 is 0. The fraction of sp³-hybridized carbons (Fsp3) is 0.480. The molecular weight excluding hydrogens is 551 g/mol. The number of urea groups is 1. The van der Waals surface area contributed by atoms with Gasteiger partial charge in [-0.3, -0.25) is 19.4 Å². The van der Waals surface area contributed by atoms with Crippen molar-refractivity contribution in [2.24, 2.45) is 16.1 Å². The second-order valence-electron chi connectivity index (χ2n) is 9.34. The molecule has 0 fully saturated rings. The standard InChI is InChI=1S/C25H36Cl2N6O4S/c1-6-11-33(14-13-32(16-34)12-10-19(28)35)23(36)21(29-15-25(2,3)4)22(38-5)31-24(37)30-18-9-7-8-17(26)20(18)27/h7-9,15-16H,6,10-14H2,1-5H3,(H2,28,35)(H2,30,31,37)/b22-21-,29-15?. The number of carbonyl (C=O) groups excluding carboxylic acids is 4. The Bertz CT molecular complexity index is 1060. The van der Waals surface area contributed by atoms with E-state index in [1.807, 2.05) is 27.7 Å². The number of anilines is 1. The molecule has 0 aliphatic heterocycles. The fourth-order valence-corrected chi connectivity index (χ4v) is 3.86. The topological polar surface area (TPSA) is 137 Å². The molecule has 4 N–H and O–H groups in total. The van der Waals surface area contributed by atoms with Crippen LogP contribution in [-0.2, 0) is 14.4 Å². The van der Waals surface area contributed by atoms with E-state index in [9.17, 15) is 19.2 Å². The third kappa shape index (κ3) is 11.7. The van der Waals surface area contributed by atoms with Crippen molar-refractivity contribution < 1.29 is 19.2 Å². The molecule has 0 bridgehead atoms. The van der Waals surface area contributed by atoms with Gasteiger partial charge in [-0.1, -0.05) is 57.0 Å². The highest BCUT2D eigenvalue weighted by atomic mass is 35.5. The van der Waals surface area contributed by atoms with Gasteiger partial charge in [0, 0.05) is 38.8 Å². The Kier molecular flexibility index (Phi) is 14.2. The van der Waals surface area contributed by atoms with Crippen molar-refractivity contribution in [2.75, 3.05) is 37.8 Å². The maximum absolute atomic E-state index is 13.7. The quantitative estimate of drug-likeness (QED) is 0.169. The van der Waals surface area contributed by atoms with Crippen molar-refractivity contribution in [2.45, 2.75) is 40.5 Å². The number of primary amides is 1. The van der Waals surface area contributed by atoms with Gasteiger partial charge in [-0.05, 0) is 30.2 Å². The summed E-state index contributed by atoms with van der Waals surface area (Å²) in [5.74, 6) is -0.938. The summed E-state index contributed by atoms with van der Waals surface area (Å²) in [5, 5.41) is 6.03. The van der Waals surface area contributed by atoms with Crippen LogP contribution in [0.3, 0.4) is 0 Å². The number of hydrogen-bond donors (Lipinski definition) is 3. The molecule has 1 rings (SSSR count). The Labute approximate surface area is 238 Å². The first-order valence-corrected chi connectivity index (χ1v) is 13.9. The summed E-state index contributed by atoms with van der Waals surface area (Å²) in [5.41, 5.74) is 5.19. The second-order valence-corrected chi connectivity index (χ2v) is 10.9. The summed E-state index contributed by atoms with van der Waals surface area (Å²) in [6.07, 6.45) is 4.64. The Morgan fingerprint density at radius 1 is 1.13 bits per heavy atom. The molecule has 1 aromatic carbocycles. The van der Waals surface area contributed by atoms with Gasteiger partial charge in [-0.25, -0.2) is 4.79 Å². The normalized spacial score (nSPS) is 12.1. The van der Waals surface area contributed by atoms with E-state index < -0.39 is 17.8 Å². The Balaban J connectivity index is 3.29. The maximum atomic E-state index is 13.7. The summed E-state index contributed by atoms with van der Waals surface area (Å²) in [6.45, 7) is 8.67. The number of amides is 5. The number of carbonyl (C=O) groups is 4. The number of rotatable bonds is 14. The maximum Gasteiger partial charge on any atom is 0.324 e. The average molecular weight is 588 g/mol. The highest BCUT2D eigenvalue weighted by Crippen LogP contribution is 2.29. The first-order chi connectivity index (χ1) is 17.8. The molecule has 0 radical (unpaired) electrons. The van der Waals surface area contributed by atoms with Crippen molar-refractivity contribution in [1.29, 1.82) is 0 Å². The van der Waals surface area contributed by atoms with Crippen molar-refractivity contribution in [3.05, 3.63) is 39.0 Å². The van der Waals surface area contributed by atoms with Crippen molar-refractivity contribution in [3.8, 4) is 0 Å². The van der Waals surface area contributed by atoms with Gasteiger partial charge in [0.25, 0.3) is 5.91 Å². The monoisotopic (exact) mass is 586 g/mol. The number of nitrogens with two attached hydrogens (primary N) is 1. The molecule has 210 valence electrons. The Morgan fingerprint density at radius 2 is 1.82 bits per heavy atom. The van der Waals surface area contributed by atoms with Crippen LogP contribution in [0.5, 0.6) is 0 Å². The third-order valence-corrected chi connectivity index (χ3v) is 6.38. The van der Waals surface area contributed by atoms with E-state index >= 15 is 0 Å². The zero-order valence-corrected chi connectivity index (χ0v) is 24.7. The van der Waals surface area contributed by atoms with Crippen LogP contribution in [0.15, 0.2) is 33.9 Å². The van der Waals surface area contributed by atoms with Gasteiger partial charge < -0.3 is 26.2 Å². The summed E-state index contributed by atoms with van der Waals surface area (Å²) in [7, 11) is 0. The molecule has 13 heteroatoms. The summed E-state index contributed by atoms with van der Waals surface area (Å²) in [6, 6.07) is 4.21. The number of halogens is 2. The molecule has 10 nitrogen and oxygen atoms in total. The van der Waals surface area contributed by atoms with Crippen LogP contribution >= 0.6 is 35.0 Å². The number of hydrogen-bond acceptors (Lipinski definition) is 6. The van der Waals surface area contributed by atoms with Crippen LogP contribution in [0, 0.1) is 5.41 Å². The highest BCUT2D eigenvalue weighted by molar-refractivity contribution is 8.02. The van der Waals surface area contributed by atoms with Gasteiger partial charge in [0.2, 0.25) is 12.3 Å². The molecule has 38 heavy (non-hydrogen) atoms. The predicted molar refractivity (Wildman–Crippen MR) is 155 cm³/mol. The lowest BCUT2D eigenvalue weighted by Crippen LogP contribution is -2.41. The molecule has 5 amide bonds. The van der Waals surface area contributed by atoms with Crippen LogP contribution < -0.4 is 16.4 Å². The van der Waals surface area contributed by atoms with Crippen LogP contribution in [0.1, 0.15) is 40.5 Å². The average Bonchev–Trinajstić information content (AvgIpc) is 2.84. The van der Waals surface area contributed by atoms with Gasteiger partial charge in [0.1, 0.15) is 5.03 Å². The number of nitrogens with one attached hydrogen (secondary N) is 2. The molecule has 1 aromatic rings. The zero-order valence-electron chi connectivity index (χ0n) is 22.3. The van der Waals surface area contributed by atoms with Gasteiger partial charge >= 0.3 is 6.03 Å². The predicted octanol–water partition coefficient (Wildman–Crippen LogP) is 4.34. The van der Waals surface area contributed by atoms with Gasteiger partial charge in [0.15, 0.2) is 5.70 Å². The highest BCUT2D eigenvalue weighted by Gasteiger charge is 2.24. The number of aliphatic imine (C=N–C) groups is 1. The molecule has 0 saturated carbocycles. The van der Waals surface area contributed by atoms with Gasteiger partial charge in [0.05, 0.1) is 15.7 Å². The van der Waals surface area contributed by atoms with E-state index in [1.165, 1.54) is 4.90 Å². The van der Waals surface area contributed by atoms with Crippen LogP contribution in [0.2, 0.25) is 10.0 Å². The van der Waals surface area contributed by atoms with E-state index in [0.29, 0.717) is 25.1 Å². The summed E-state index contributed by atoms with van der Waals surface area (Å²) in [4.78, 5) is 56.5. The second kappa shape index (κ2) is 16.3.